The summed E-state index contributed by atoms with van der Waals surface area (Å²) in [5, 5.41) is 0. The van der Waals surface area contributed by atoms with Crippen molar-refractivity contribution in [3.8, 4) is 0 Å². The Kier molecular flexibility index (Phi) is 7.51. The minimum atomic E-state index is -1.47. The Morgan fingerprint density at radius 1 is 1.38 bits per heavy atom. The second-order valence-electron chi connectivity index (χ2n) is 5.84. The summed E-state index contributed by atoms with van der Waals surface area (Å²) >= 11 is 4.54. The third-order valence-corrected chi connectivity index (χ3v) is 6.64. The van der Waals surface area contributed by atoms with Crippen LogP contribution >= 0.6 is 45.2 Å². The first-order valence-electron chi connectivity index (χ1n) is 6.73. The number of halogens is 3. The number of aromatic nitrogens is 1. The second-order valence-corrected chi connectivity index (χ2v) is 8.04. The maximum Gasteiger partial charge on any atom is 1.00 e. The van der Waals surface area contributed by atoms with E-state index in [1.807, 2.05) is 18.7 Å². The van der Waals surface area contributed by atoms with Crippen molar-refractivity contribution in [2.75, 3.05) is 0 Å². The van der Waals surface area contributed by atoms with Crippen molar-refractivity contribution in [3.63, 3.8) is 0 Å². The summed E-state index contributed by atoms with van der Waals surface area (Å²) in [6.07, 6.45) is 0. The van der Waals surface area contributed by atoms with Crippen molar-refractivity contribution in [1.29, 1.82) is 0 Å². The summed E-state index contributed by atoms with van der Waals surface area (Å²) < 4.78 is 16.6. The molecular weight excluding hydrogens is 520 g/mol. The van der Waals surface area contributed by atoms with Crippen LogP contribution in [0.25, 0.3) is 0 Å². The molecule has 0 aliphatic carbocycles. The van der Waals surface area contributed by atoms with E-state index < -0.39 is 5.79 Å². The van der Waals surface area contributed by atoms with E-state index in [0.717, 1.165) is 26.1 Å². The molecule has 1 aromatic rings. The van der Waals surface area contributed by atoms with E-state index in [4.69, 9.17) is 0 Å². The number of pyridine rings is 1. The van der Waals surface area contributed by atoms with E-state index >= 15 is 4.39 Å². The summed E-state index contributed by atoms with van der Waals surface area (Å²) in [5.41, 5.74) is 3.71. The van der Waals surface area contributed by atoms with Crippen LogP contribution in [0.3, 0.4) is 0 Å². The Morgan fingerprint density at radius 3 is 2.38 bits per heavy atom. The monoisotopic (exact) mass is 540 g/mol. The van der Waals surface area contributed by atoms with Crippen molar-refractivity contribution in [2.24, 2.45) is 0 Å². The first-order chi connectivity index (χ1) is 9.10. The molecule has 0 spiro atoms. The zero-order valence-corrected chi connectivity index (χ0v) is 21.1. The fourth-order valence-corrected chi connectivity index (χ4v) is 5.34. The van der Waals surface area contributed by atoms with Crippen molar-refractivity contribution < 1.29 is 55.8 Å². The average Bonchev–Trinajstić information content (AvgIpc) is 2.30. The Labute approximate surface area is 197 Å². The van der Waals surface area contributed by atoms with Gasteiger partial charge in [0.1, 0.15) is 5.79 Å². The molecule has 2 unspecified atom stereocenters. The van der Waals surface area contributed by atoms with Crippen LogP contribution < -0.4 is 51.4 Å². The number of nitrogens with zero attached hydrogens (tertiary/aromatic N) is 2. The molecule has 1 aliphatic rings. The van der Waals surface area contributed by atoms with Gasteiger partial charge in [-0.05, 0) is 50.3 Å². The molecule has 0 aromatic carbocycles. The molecule has 6 heteroatoms. The van der Waals surface area contributed by atoms with Crippen LogP contribution in [0.1, 0.15) is 50.1 Å². The number of hydrogen-bond donors (Lipinski definition) is 0. The molecule has 0 fully saturated rings. The van der Waals surface area contributed by atoms with Gasteiger partial charge in [-0.3, -0.25) is 4.90 Å². The third kappa shape index (κ3) is 3.52. The molecule has 0 radical (unpaired) electrons. The molecule has 2 rings (SSSR count). The van der Waals surface area contributed by atoms with E-state index in [9.17, 15) is 0 Å². The van der Waals surface area contributed by atoms with Crippen LogP contribution in [-0.2, 0) is 5.79 Å². The van der Waals surface area contributed by atoms with Gasteiger partial charge in [-0.25, -0.2) is 4.39 Å². The molecule has 21 heavy (non-hydrogen) atoms. The summed E-state index contributed by atoms with van der Waals surface area (Å²) in [7, 11) is 0. The van der Waals surface area contributed by atoms with Gasteiger partial charge in [0, 0.05) is 10.1 Å². The first kappa shape index (κ1) is 21.0. The number of fused-ring (bicyclic) bond motifs is 1. The maximum atomic E-state index is 15.7. The summed E-state index contributed by atoms with van der Waals surface area (Å²) in [6, 6.07) is 0.139. The first-order valence-corrected chi connectivity index (χ1v) is 9.05. The fourth-order valence-electron chi connectivity index (χ4n) is 3.23. The molecule has 2 nitrogen and oxygen atoms in total. The number of alkyl halides is 2. The van der Waals surface area contributed by atoms with Crippen LogP contribution in [0.5, 0.6) is 0 Å². The smallest absolute Gasteiger partial charge is 0.312 e. The van der Waals surface area contributed by atoms with Gasteiger partial charge < -0.3 is 4.98 Å². The van der Waals surface area contributed by atoms with Gasteiger partial charge in [-0.2, -0.15) is 5.56 Å². The minimum absolute atomic E-state index is 0. The SMILES string of the molecule is Cc1nc(I)c(C)c2c1[C-](C)C(I)N(C(C)C)C2(C)F.[K+]. The van der Waals surface area contributed by atoms with Crippen LogP contribution in [0, 0.1) is 23.5 Å². The summed E-state index contributed by atoms with van der Waals surface area (Å²) in [4.78, 5) is 6.54. The van der Waals surface area contributed by atoms with E-state index in [2.05, 4.69) is 70.9 Å². The van der Waals surface area contributed by atoms with Gasteiger partial charge in [0.15, 0.2) is 0 Å². The van der Waals surface area contributed by atoms with Crippen LogP contribution in [-0.4, -0.2) is 20.0 Å². The predicted octanol–water partition coefficient (Wildman–Crippen LogP) is 1.88. The molecule has 0 saturated heterocycles. The van der Waals surface area contributed by atoms with Crippen molar-refractivity contribution in [3.05, 3.63) is 32.0 Å². The topological polar surface area (TPSA) is 16.1 Å². The third-order valence-electron chi connectivity index (χ3n) is 4.06. The van der Waals surface area contributed by atoms with Gasteiger partial charge in [0.25, 0.3) is 0 Å². The zero-order valence-electron chi connectivity index (χ0n) is 13.7. The molecule has 0 saturated carbocycles. The number of hydrogen-bond acceptors (Lipinski definition) is 2. The summed E-state index contributed by atoms with van der Waals surface area (Å²) in [5.74, 6) is -0.263. The van der Waals surface area contributed by atoms with E-state index in [0.29, 0.717) is 0 Å². The van der Waals surface area contributed by atoms with Gasteiger partial charge in [-0.1, -0.05) is 53.3 Å². The molecule has 0 N–H and O–H groups in total. The molecule has 0 bridgehead atoms. The van der Waals surface area contributed by atoms with Crippen LogP contribution in [0.2, 0.25) is 0 Å². The number of aryl methyl sites for hydroxylation is 1. The van der Waals surface area contributed by atoms with Crippen LogP contribution in [0.15, 0.2) is 0 Å². The standard InChI is InChI=1S/C15H20FI2N2.K/c1-7(2)20-14(18)8(3)11-10(5)19-13(17)9(4)12(11)15(20,6)16;/h7,14H,1-6H3;/q-1;+1. The Bertz CT molecular complexity index is 549. The fraction of sp³-hybridized carbons (Fsp3) is 0.600. The van der Waals surface area contributed by atoms with Gasteiger partial charge in [0.05, 0.1) is 3.70 Å². The van der Waals surface area contributed by atoms with Crippen LogP contribution in [0.4, 0.5) is 4.39 Å². The molecular formula is C15H20FI2KN2. The van der Waals surface area contributed by atoms with E-state index in [1.54, 1.807) is 6.92 Å². The molecule has 1 aromatic heterocycles. The predicted molar refractivity (Wildman–Crippen MR) is 97.7 cm³/mol. The Balaban J connectivity index is 0.00000220. The second kappa shape index (κ2) is 7.49. The van der Waals surface area contributed by atoms with E-state index in [-0.39, 0.29) is 61.5 Å². The molecule has 0 amide bonds. The van der Waals surface area contributed by atoms with Gasteiger partial charge >= 0.3 is 51.4 Å². The molecule has 112 valence electrons. The zero-order chi connectivity index (χ0) is 15.4. The van der Waals surface area contributed by atoms with E-state index in [1.165, 1.54) is 5.92 Å². The molecule has 2 heterocycles. The van der Waals surface area contributed by atoms with Gasteiger partial charge in [0.2, 0.25) is 0 Å². The summed E-state index contributed by atoms with van der Waals surface area (Å²) in [6.45, 7) is 11.8. The maximum absolute atomic E-state index is 15.7. The molecule has 1 aliphatic heterocycles. The Hall–Kier alpha value is 2.01. The minimum Gasteiger partial charge on any atom is -0.312 e. The van der Waals surface area contributed by atoms with Crippen molar-refractivity contribution in [1.82, 2.24) is 9.88 Å². The van der Waals surface area contributed by atoms with Gasteiger partial charge in [-0.15, -0.1) is 5.92 Å². The quantitative estimate of drug-likeness (QED) is 0.135. The molecule has 2 atom stereocenters. The largest absolute Gasteiger partial charge is 1.00 e. The normalized spacial score (nSPS) is 25.8. The average molecular weight is 540 g/mol. The Morgan fingerprint density at radius 2 is 1.90 bits per heavy atom. The number of rotatable bonds is 1. The van der Waals surface area contributed by atoms with Crippen molar-refractivity contribution >= 4 is 45.2 Å². The van der Waals surface area contributed by atoms with Crippen molar-refractivity contribution in [2.45, 2.75) is 57.4 Å².